The molecule has 0 aliphatic heterocycles. The molecule has 7 heteroatoms. The van der Waals surface area contributed by atoms with E-state index in [0.29, 0.717) is 10.0 Å². The van der Waals surface area contributed by atoms with Crippen molar-refractivity contribution in [3.05, 3.63) is 82.4 Å². The maximum atomic E-state index is 12.4. The van der Waals surface area contributed by atoms with Crippen LogP contribution in [-0.4, -0.2) is 20.7 Å². The van der Waals surface area contributed by atoms with Crippen molar-refractivity contribution in [1.82, 2.24) is 20.1 Å². The van der Waals surface area contributed by atoms with Crippen LogP contribution >= 0.6 is 23.2 Å². The predicted octanol–water partition coefficient (Wildman–Crippen LogP) is 3.49. The molecule has 1 unspecified atom stereocenters. The van der Waals surface area contributed by atoms with E-state index < -0.39 is 0 Å². The first kappa shape index (κ1) is 16.5. The normalized spacial score (nSPS) is 11.9. The summed E-state index contributed by atoms with van der Waals surface area (Å²) in [6.45, 7) is 0.0880. The number of nitrogens with zero attached hydrogens (tertiary/aromatic N) is 3. The maximum Gasteiger partial charge on any atom is 0.242 e. The third-order valence-electron chi connectivity index (χ3n) is 3.49. The van der Waals surface area contributed by atoms with Crippen molar-refractivity contribution in [3.63, 3.8) is 0 Å². The van der Waals surface area contributed by atoms with E-state index >= 15 is 0 Å². The number of hydrogen-bond donors (Lipinski definition) is 1. The second kappa shape index (κ2) is 7.47. The van der Waals surface area contributed by atoms with Gasteiger partial charge in [-0.2, -0.15) is 5.10 Å². The van der Waals surface area contributed by atoms with Crippen molar-refractivity contribution in [2.45, 2.75) is 12.6 Å². The molecule has 0 aliphatic carbocycles. The molecular weight excluding hydrogens is 347 g/mol. The number of aromatic nitrogens is 3. The lowest BCUT2D eigenvalue weighted by Gasteiger charge is -2.20. The molecule has 122 valence electrons. The van der Waals surface area contributed by atoms with Crippen molar-refractivity contribution in [1.29, 1.82) is 0 Å². The van der Waals surface area contributed by atoms with Gasteiger partial charge in [0, 0.05) is 0 Å². The monoisotopic (exact) mass is 360 g/mol. The Labute approximate surface area is 149 Å². The van der Waals surface area contributed by atoms with E-state index in [-0.39, 0.29) is 18.5 Å². The average Bonchev–Trinajstić information content (AvgIpc) is 3.09. The van der Waals surface area contributed by atoms with Crippen molar-refractivity contribution in [3.8, 4) is 0 Å². The van der Waals surface area contributed by atoms with Crippen LogP contribution in [0.5, 0.6) is 0 Å². The molecule has 0 fully saturated rings. The first-order valence-electron chi connectivity index (χ1n) is 7.25. The number of nitrogens with one attached hydrogen (secondary N) is 1. The van der Waals surface area contributed by atoms with Gasteiger partial charge >= 0.3 is 0 Å². The van der Waals surface area contributed by atoms with E-state index in [0.717, 1.165) is 11.1 Å². The number of hydrogen-bond acceptors (Lipinski definition) is 3. The number of halogens is 2. The molecule has 0 saturated carbocycles. The van der Waals surface area contributed by atoms with E-state index in [1.807, 2.05) is 36.4 Å². The Morgan fingerprint density at radius 3 is 2.54 bits per heavy atom. The Kier molecular flexibility index (Phi) is 5.13. The Hall–Kier alpha value is -2.37. The summed E-state index contributed by atoms with van der Waals surface area (Å²) in [5, 5.41) is 7.86. The molecule has 5 nitrogen and oxygen atoms in total. The Bertz CT molecular complexity index is 822. The van der Waals surface area contributed by atoms with Crippen molar-refractivity contribution >= 4 is 29.1 Å². The van der Waals surface area contributed by atoms with E-state index in [2.05, 4.69) is 15.4 Å². The van der Waals surface area contributed by atoms with Crippen LogP contribution in [0, 0.1) is 0 Å². The molecular formula is C17H14Cl2N4O. The van der Waals surface area contributed by atoms with Gasteiger partial charge in [0.05, 0.1) is 16.1 Å². The minimum atomic E-state index is -0.336. The van der Waals surface area contributed by atoms with Crippen LogP contribution in [0.1, 0.15) is 17.2 Å². The lowest BCUT2D eigenvalue weighted by Crippen LogP contribution is -2.32. The summed E-state index contributed by atoms with van der Waals surface area (Å²) >= 11 is 12.1. The fourth-order valence-corrected chi connectivity index (χ4v) is 2.67. The van der Waals surface area contributed by atoms with Gasteiger partial charge in [0.25, 0.3) is 0 Å². The highest BCUT2D eigenvalue weighted by atomic mass is 35.5. The van der Waals surface area contributed by atoms with Crippen molar-refractivity contribution < 1.29 is 4.79 Å². The molecule has 0 bridgehead atoms. The Morgan fingerprint density at radius 1 is 1.08 bits per heavy atom. The molecule has 1 aromatic heterocycles. The minimum absolute atomic E-state index is 0.0880. The van der Waals surface area contributed by atoms with Crippen LogP contribution < -0.4 is 5.32 Å². The van der Waals surface area contributed by atoms with Crippen molar-refractivity contribution in [2.75, 3.05) is 0 Å². The molecule has 1 atom stereocenters. The zero-order valence-electron chi connectivity index (χ0n) is 12.6. The van der Waals surface area contributed by atoms with Crippen LogP contribution in [0.15, 0.2) is 61.2 Å². The largest absolute Gasteiger partial charge is 0.344 e. The lowest BCUT2D eigenvalue weighted by molar-refractivity contribution is -0.122. The van der Waals surface area contributed by atoms with Crippen molar-refractivity contribution in [2.24, 2.45) is 0 Å². The van der Waals surface area contributed by atoms with Gasteiger partial charge < -0.3 is 5.32 Å². The highest BCUT2D eigenvalue weighted by Crippen LogP contribution is 2.28. The van der Waals surface area contributed by atoms with Gasteiger partial charge in [-0.3, -0.25) is 4.79 Å². The van der Waals surface area contributed by atoms with Crippen LogP contribution in [-0.2, 0) is 11.3 Å². The second-order valence-corrected chi connectivity index (χ2v) is 5.99. The van der Waals surface area contributed by atoms with E-state index in [9.17, 15) is 4.79 Å². The smallest absolute Gasteiger partial charge is 0.242 e. The topological polar surface area (TPSA) is 59.8 Å². The molecule has 3 rings (SSSR count). The second-order valence-electron chi connectivity index (χ2n) is 5.18. The van der Waals surface area contributed by atoms with Gasteiger partial charge in [-0.05, 0) is 23.3 Å². The van der Waals surface area contributed by atoms with Gasteiger partial charge in [-0.1, -0.05) is 59.6 Å². The summed E-state index contributed by atoms with van der Waals surface area (Å²) in [6, 6.07) is 14.7. The molecule has 1 N–H and O–H groups in total. The summed E-state index contributed by atoms with van der Waals surface area (Å²) < 4.78 is 1.46. The van der Waals surface area contributed by atoms with E-state index in [1.54, 1.807) is 12.1 Å². The summed E-state index contributed by atoms with van der Waals surface area (Å²) in [7, 11) is 0. The zero-order chi connectivity index (χ0) is 16.9. The Balaban J connectivity index is 1.87. The van der Waals surface area contributed by atoms with Crippen LogP contribution in [0.4, 0.5) is 0 Å². The third kappa shape index (κ3) is 3.93. The summed E-state index contributed by atoms with van der Waals surface area (Å²) in [5.74, 6) is -0.180. The standard InChI is InChI=1S/C17H14Cl2N4O/c18-14-7-6-13(8-15(14)19)17(12-4-2-1-3-5-12)22-16(24)9-23-11-20-10-21-23/h1-8,10-11,17H,9H2,(H,22,24). The van der Waals surface area contributed by atoms with Gasteiger partial charge in [0.2, 0.25) is 5.91 Å². The van der Waals surface area contributed by atoms with Gasteiger partial charge in [-0.15, -0.1) is 0 Å². The first-order valence-corrected chi connectivity index (χ1v) is 8.01. The highest BCUT2D eigenvalue weighted by Gasteiger charge is 2.18. The molecule has 0 saturated heterocycles. The SMILES string of the molecule is O=C(Cn1cncn1)NC(c1ccccc1)c1ccc(Cl)c(Cl)c1. The Morgan fingerprint density at radius 2 is 1.88 bits per heavy atom. The number of carbonyl (C=O) groups excluding carboxylic acids is 1. The summed E-state index contributed by atoms with van der Waals surface area (Å²) in [6.07, 6.45) is 2.89. The zero-order valence-corrected chi connectivity index (χ0v) is 14.1. The van der Waals surface area contributed by atoms with Gasteiger partial charge in [0.15, 0.2) is 0 Å². The molecule has 0 aliphatic rings. The van der Waals surface area contributed by atoms with Crippen LogP contribution in [0.3, 0.4) is 0 Å². The number of rotatable bonds is 5. The summed E-state index contributed by atoms with van der Waals surface area (Å²) in [4.78, 5) is 16.2. The van der Waals surface area contributed by atoms with E-state index in [4.69, 9.17) is 23.2 Å². The van der Waals surface area contributed by atoms with Gasteiger partial charge in [0.1, 0.15) is 19.2 Å². The quantitative estimate of drug-likeness (QED) is 0.757. The van der Waals surface area contributed by atoms with Gasteiger partial charge in [-0.25, -0.2) is 9.67 Å². The number of amides is 1. The lowest BCUT2D eigenvalue weighted by atomic mass is 9.98. The number of carbonyl (C=O) groups is 1. The summed E-state index contributed by atoms with van der Waals surface area (Å²) in [5.41, 5.74) is 1.80. The predicted molar refractivity (Wildman–Crippen MR) is 92.9 cm³/mol. The molecule has 1 heterocycles. The van der Waals surface area contributed by atoms with Crippen LogP contribution in [0.2, 0.25) is 10.0 Å². The molecule has 2 aromatic carbocycles. The minimum Gasteiger partial charge on any atom is -0.344 e. The average molecular weight is 361 g/mol. The molecule has 0 spiro atoms. The molecule has 3 aromatic rings. The number of benzene rings is 2. The molecule has 24 heavy (non-hydrogen) atoms. The fourth-order valence-electron chi connectivity index (χ4n) is 2.36. The first-order chi connectivity index (χ1) is 11.6. The van der Waals surface area contributed by atoms with E-state index in [1.165, 1.54) is 17.3 Å². The highest BCUT2D eigenvalue weighted by molar-refractivity contribution is 6.42. The molecule has 0 radical (unpaired) electrons. The third-order valence-corrected chi connectivity index (χ3v) is 4.23. The maximum absolute atomic E-state index is 12.4. The van der Waals surface area contributed by atoms with Crippen LogP contribution in [0.25, 0.3) is 0 Å². The fraction of sp³-hybridized carbons (Fsp3) is 0.118. The molecule has 1 amide bonds.